The number of nitrogens with one attached hydrogen (secondary N) is 1. The van der Waals surface area contributed by atoms with Gasteiger partial charge in [-0.25, -0.2) is 9.38 Å². The fourth-order valence-corrected chi connectivity index (χ4v) is 2.86. The molecule has 0 bridgehead atoms. The molecular formula is C16H23BrFIN4O. The summed E-state index contributed by atoms with van der Waals surface area (Å²) in [7, 11) is 0. The quantitative estimate of drug-likeness (QED) is 0.385. The molecule has 1 N–H and O–H groups in total. The number of benzene rings is 1. The van der Waals surface area contributed by atoms with E-state index in [0.29, 0.717) is 19.6 Å². The predicted octanol–water partition coefficient (Wildman–Crippen LogP) is 2.84. The predicted molar refractivity (Wildman–Crippen MR) is 108 cm³/mol. The van der Waals surface area contributed by atoms with E-state index in [-0.39, 0.29) is 35.7 Å². The van der Waals surface area contributed by atoms with Crippen molar-refractivity contribution in [3.05, 3.63) is 34.1 Å². The number of aliphatic imine (C=N–C) groups is 1. The van der Waals surface area contributed by atoms with Crippen LogP contribution in [0.4, 0.5) is 4.39 Å². The number of carbonyl (C=O) groups excluding carboxylic acids is 1. The topological polar surface area (TPSA) is 47.9 Å². The normalized spacial score (nSPS) is 15.1. The van der Waals surface area contributed by atoms with Gasteiger partial charge in [0.2, 0.25) is 5.91 Å². The number of rotatable bonds is 3. The van der Waals surface area contributed by atoms with Gasteiger partial charge in [0.25, 0.3) is 0 Å². The summed E-state index contributed by atoms with van der Waals surface area (Å²) < 4.78 is 14.2. The van der Waals surface area contributed by atoms with E-state index in [2.05, 4.69) is 31.1 Å². The number of piperazine rings is 1. The molecule has 0 atom stereocenters. The van der Waals surface area contributed by atoms with E-state index in [0.717, 1.165) is 35.6 Å². The third-order valence-electron chi connectivity index (χ3n) is 3.77. The SMILES string of the molecule is CCNC(=NCc1cc(F)ccc1Br)N1CCN(C(C)=O)CC1.I. The van der Waals surface area contributed by atoms with E-state index in [1.54, 1.807) is 13.0 Å². The van der Waals surface area contributed by atoms with E-state index >= 15 is 0 Å². The summed E-state index contributed by atoms with van der Waals surface area (Å²) in [5.41, 5.74) is 0.808. The highest BCUT2D eigenvalue weighted by Crippen LogP contribution is 2.18. The van der Waals surface area contributed by atoms with E-state index in [9.17, 15) is 9.18 Å². The van der Waals surface area contributed by atoms with E-state index < -0.39 is 0 Å². The van der Waals surface area contributed by atoms with Gasteiger partial charge in [-0.2, -0.15) is 0 Å². The molecule has 1 aliphatic heterocycles. The number of hydrogen-bond donors (Lipinski definition) is 1. The van der Waals surface area contributed by atoms with Gasteiger partial charge in [0.05, 0.1) is 6.54 Å². The highest BCUT2D eigenvalue weighted by molar-refractivity contribution is 14.0. The lowest BCUT2D eigenvalue weighted by Gasteiger charge is -2.36. The van der Waals surface area contributed by atoms with Crippen LogP contribution < -0.4 is 5.32 Å². The van der Waals surface area contributed by atoms with Crippen molar-refractivity contribution in [3.63, 3.8) is 0 Å². The second-order valence-corrected chi connectivity index (χ2v) is 6.25. The minimum absolute atomic E-state index is 0. The fraction of sp³-hybridized carbons (Fsp3) is 0.500. The minimum Gasteiger partial charge on any atom is -0.357 e. The fourth-order valence-electron chi connectivity index (χ4n) is 2.48. The third kappa shape index (κ3) is 5.87. The molecule has 2 rings (SSSR count). The van der Waals surface area contributed by atoms with Crippen LogP contribution in [0.25, 0.3) is 0 Å². The average Bonchev–Trinajstić information content (AvgIpc) is 2.54. The van der Waals surface area contributed by atoms with Crippen LogP contribution in [0.15, 0.2) is 27.7 Å². The Morgan fingerprint density at radius 2 is 1.92 bits per heavy atom. The number of halogens is 3. The summed E-state index contributed by atoms with van der Waals surface area (Å²) in [6.45, 7) is 7.65. The molecule has 0 aromatic heterocycles. The Balaban J connectivity index is 0.00000288. The zero-order valence-corrected chi connectivity index (χ0v) is 17.8. The summed E-state index contributed by atoms with van der Waals surface area (Å²) in [5.74, 6) is 0.639. The van der Waals surface area contributed by atoms with Gasteiger partial charge in [-0.05, 0) is 30.7 Å². The lowest BCUT2D eigenvalue weighted by Crippen LogP contribution is -2.53. The second kappa shape index (κ2) is 10.2. The van der Waals surface area contributed by atoms with Crippen LogP contribution in [-0.2, 0) is 11.3 Å². The van der Waals surface area contributed by atoms with Crippen molar-refractivity contribution >= 4 is 51.8 Å². The standard InChI is InChI=1S/C16H22BrFN4O.HI/c1-3-19-16(22-8-6-21(7-9-22)12(2)23)20-11-13-10-14(18)4-5-15(13)17;/h4-5,10H,3,6-9,11H2,1-2H3,(H,19,20);1H. The Hall–Kier alpha value is -0.900. The molecule has 1 aromatic rings. The van der Waals surface area contributed by atoms with Crippen molar-refractivity contribution in [2.75, 3.05) is 32.7 Å². The molecule has 0 unspecified atom stereocenters. The molecule has 5 nitrogen and oxygen atoms in total. The first-order valence-electron chi connectivity index (χ1n) is 7.74. The molecule has 0 spiro atoms. The van der Waals surface area contributed by atoms with Gasteiger partial charge in [0.1, 0.15) is 5.82 Å². The van der Waals surface area contributed by atoms with Gasteiger partial charge in [-0.3, -0.25) is 4.79 Å². The van der Waals surface area contributed by atoms with Crippen molar-refractivity contribution in [2.45, 2.75) is 20.4 Å². The van der Waals surface area contributed by atoms with Crippen molar-refractivity contribution in [2.24, 2.45) is 4.99 Å². The summed E-state index contributed by atoms with van der Waals surface area (Å²) in [6.07, 6.45) is 0. The maximum absolute atomic E-state index is 13.4. The minimum atomic E-state index is -0.265. The number of carbonyl (C=O) groups is 1. The lowest BCUT2D eigenvalue weighted by molar-refractivity contribution is -0.130. The van der Waals surface area contributed by atoms with Crippen LogP contribution in [-0.4, -0.2) is 54.4 Å². The zero-order valence-electron chi connectivity index (χ0n) is 13.9. The smallest absolute Gasteiger partial charge is 0.219 e. The van der Waals surface area contributed by atoms with E-state index in [1.165, 1.54) is 12.1 Å². The highest BCUT2D eigenvalue weighted by atomic mass is 127. The maximum atomic E-state index is 13.4. The highest BCUT2D eigenvalue weighted by Gasteiger charge is 2.20. The summed E-state index contributed by atoms with van der Waals surface area (Å²) >= 11 is 3.43. The van der Waals surface area contributed by atoms with Crippen LogP contribution >= 0.6 is 39.9 Å². The van der Waals surface area contributed by atoms with Gasteiger partial charge in [-0.15, -0.1) is 24.0 Å². The van der Waals surface area contributed by atoms with Crippen LogP contribution in [0.3, 0.4) is 0 Å². The largest absolute Gasteiger partial charge is 0.357 e. The van der Waals surface area contributed by atoms with E-state index in [4.69, 9.17) is 0 Å². The molecule has 1 heterocycles. The first kappa shape index (κ1) is 21.1. The Bertz CT molecular complexity index is 591. The average molecular weight is 513 g/mol. The number of guanidine groups is 1. The van der Waals surface area contributed by atoms with Gasteiger partial charge >= 0.3 is 0 Å². The van der Waals surface area contributed by atoms with Crippen molar-refractivity contribution in [3.8, 4) is 0 Å². The van der Waals surface area contributed by atoms with Crippen LogP contribution in [0, 0.1) is 5.82 Å². The molecule has 1 saturated heterocycles. The van der Waals surface area contributed by atoms with Crippen LogP contribution in [0.1, 0.15) is 19.4 Å². The van der Waals surface area contributed by atoms with Crippen molar-refractivity contribution in [1.82, 2.24) is 15.1 Å². The molecular weight excluding hydrogens is 490 g/mol. The first-order valence-corrected chi connectivity index (χ1v) is 8.53. The summed E-state index contributed by atoms with van der Waals surface area (Å²) in [6, 6.07) is 4.60. The van der Waals surface area contributed by atoms with Crippen molar-refractivity contribution in [1.29, 1.82) is 0 Å². The molecule has 0 saturated carbocycles. The maximum Gasteiger partial charge on any atom is 0.219 e. The zero-order chi connectivity index (χ0) is 16.8. The molecule has 1 aliphatic rings. The molecule has 1 amide bonds. The first-order chi connectivity index (χ1) is 11.0. The number of amides is 1. The van der Waals surface area contributed by atoms with Gasteiger partial charge < -0.3 is 15.1 Å². The molecule has 24 heavy (non-hydrogen) atoms. The molecule has 0 aliphatic carbocycles. The molecule has 134 valence electrons. The van der Waals surface area contributed by atoms with Crippen LogP contribution in [0.2, 0.25) is 0 Å². The molecule has 1 fully saturated rings. The Kier molecular flexibility index (Phi) is 8.96. The molecule has 1 aromatic carbocycles. The summed E-state index contributed by atoms with van der Waals surface area (Å²) in [5, 5.41) is 3.26. The second-order valence-electron chi connectivity index (χ2n) is 5.40. The van der Waals surface area contributed by atoms with Crippen molar-refractivity contribution < 1.29 is 9.18 Å². The Morgan fingerprint density at radius 3 is 2.50 bits per heavy atom. The Labute approximate surface area is 167 Å². The van der Waals surface area contributed by atoms with Gasteiger partial charge in [0.15, 0.2) is 5.96 Å². The lowest BCUT2D eigenvalue weighted by atomic mass is 10.2. The molecule has 0 radical (unpaired) electrons. The monoisotopic (exact) mass is 512 g/mol. The number of nitrogens with zero attached hydrogens (tertiary/aromatic N) is 3. The number of hydrogen-bond acceptors (Lipinski definition) is 2. The molecule has 8 heteroatoms. The van der Waals surface area contributed by atoms with E-state index in [1.807, 2.05) is 11.8 Å². The van der Waals surface area contributed by atoms with Crippen LogP contribution in [0.5, 0.6) is 0 Å². The Morgan fingerprint density at radius 1 is 1.29 bits per heavy atom. The van der Waals surface area contributed by atoms with Gasteiger partial charge in [0, 0.05) is 44.1 Å². The summed E-state index contributed by atoms with van der Waals surface area (Å²) in [4.78, 5) is 20.0. The third-order valence-corrected chi connectivity index (χ3v) is 4.54. The van der Waals surface area contributed by atoms with Gasteiger partial charge in [-0.1, -0.05) is 15.9 Å².